The van der Waals surface area contributed by atoms with Crippen molar-refractivity contribution >= 4 is 21.9 Å². The molecule has 0 N–H and O–H groups in total. The first-order valence-corrected chi connectivity index (χ1v) is 5.66. The number of ether oxygens (including phenoxy) is 2. The molecule has 2 rings (SSSR count). The molecule has 14 heavy (non-hydrogen) atoms. The molecule has 0 aromatic heterocycles. The van der Waals surface area contributed by atoms with E-state index in [1.165, 1.54) is 6.42 Å². The van der Waals surface area contributed by atoms with Crippen LogP contribution in [-0.2, 0) is 14.3 Å². The number of carbonyl (C=O) groups is 1. The molecule has 0 radical (unpaired) electrons. The third kappa shape index (κ3) is 1.36. The number of esters is 1. The molecule has 0 bridgehead atoms. The third-order valence-electron chi connectivity index (χ3n) is 2.95. The van der Waals surface area contributed by atoms with Gasteiger partial charge in [-0.05, 0) is 41.6 Å². The minimum Gasteiger partial charge on any atom is -0.495 e. The van der Waals surface area contributed by atoms with Gasteiger partial charge in [0.1, 0.15) is 4.48 Å². The van der Waals surface area contributed by atoms with E-state index in [9.17, 15) is 4.79 Å². The number of hydrogen-bond donors (Lipinski definition) is 0. The molecule has 1 aliphatic carbocycles. The molecule has 1 saturated carbocycles. The first-order valence-electron chi connectivity index (χ1n) is 4.87. The van der Waals surface area contributed by atoms with Gasteiger partial charge < -0.3 is 9.47 Å². The van der Waals surface area contributed by atoms with Crippen LogP contribution in [0.1, 0.15) is 32.1 Å². The van der Waals surface area contributed by atoms with Crippen LogP contribution in [0.3, 0.4) is 0 Å². The molecule has 78 valence electrons. The molecule has 0 aromatic rings. The van der Waals surface area contributed by atoms with Gasteiger partial charge in [-0.3, -0.25) is 0 Å². The van der Waals surface area contributed by atoms with E-state index in [0.29, 0.717) is 10.2 Å². The molecule has 0 unspecified atom stereocenters. The highest BCUT2D eigenvalue weighted by Gasteiger charge is 2.48. The average Bonchev–Trinajstić information content (AvgIpc) is 2.40. The molecular formula is C10H13BrO3. The normalized spacial score (nSPS) is 25.4. The van der Waals surface area contributed by atoms with Gasteiger partial charge in [0, 0.05) is 0 Å². The Bertz CT molecular complexity index is 290. The monoisotopic (exact) mass is 260 g/mol. The van der Waals surface area contributed by atoms with E-state index in [4.69, 9.17) is 9.47 Å². The fraction of sp³-hybridized carbons (Fsp3) is 0.700. The Morgan fingerprint density at radius 2 is 2.00 bits per heavy atom. The summed E-state index contributed by atoms with van der Waals surface area (Å²) in [6, 6.07) is 0. The Labute approximate surface area is 91.6 Å². The maximum atomic E-state index is 11.4. The summed E-state index contributed by atoms with van der Waals surface area (Å²) in [7, 11) is 1.59. The number of rotatable bonds is 1. The van der Waals surface area contributed by atoms with E-state index in [2.05, 4.69) is 15.9 Å². The Morgan fingerprint density at radius 3 is 2.57 bits per heavy atom. The quantitative estimate of drug-likeness (QED) is 0.680. The van der Waals surface area contributed by atoms with Crippen LogP contribution in [-0.4, -0.2) is 18.7 Å². The van der Waals surface area contributed by atoms with Gasteiger partial charge >= 0.3 is 5.97 Å². The lowest BCUT2D eigenvalue weighted by Crippen LogP contribution is -2.35. The summed E-state index contributed by atoms with van der Waals surface area (Å²) in [6.07, 6.45) is 5.18. The van der Waals surface area contributed by atoms with Crippen LogP contribution in [0, 0.1) is 0 Å². The van der Waals surface area contributed by atoms with Crippen LogP contribution < -0.4 is 0 Å². The minimum absolute atomic E-state index is 0.288. The van der Waals surface area contributed by atoms with Crippen molar-refractivity contribution in [2.75, 3.05) is 7.11 Å². The number of hydrogen-bond acceptors (Lipinski definition) is 3. The number of methoxy groups -OCH3 is 1. The van der Waals surface area contributed by atoms with Crippen LogP contribution in [0.5, 0.6) is 0 Å². The third-order valence-corrected chi connectivity index (χ3v) is 3.63. The molecule has 0 atom stereocenters. The summed E-state index contributed by atoms with van der Waals surface area (Å²) in [5, 5.41) is 0. The molecule has 1 fully saturated rings. The van der Waals surface area contributed by atoms with Crippen molar-refractivity contribution in [1.29, 1.82) is 0 Å². The van der Waals surface area contributed by atoms with Crippen LogP contribution in [0.4, 0.5) is 0 Å². The largest absolute Gasteiger partial charge is 0.495 e. The first kappa shape index (κ1) is 10.0. The zero-order valence-corrected chi connectivity index (χ0v) is 9.72. The van der Waals surface area contributed by atoms with Gasteiger partial charge in [-0.1, -0.05) is 6.42 Å². The van der Waals surface area contributed by atoms with Crippen molar-refractivity contribution in [3.05, 3.63) is 10.2 Å². The summed E-state index contributed by atoms with van der Waals surface area (Å²) in [5.41, 5.74) is -0.455. The molecular weight excluding hydrogens is 248 g/mol. The van der Waals surface area contributed by atoms with Gasteiger partial charge in [0.15, 0.2) is 11.4 Å². The van der Waals surface area contributed by atoms with Crippen LogP contribution in [0.2, 0.25) is 0 Å². The van der Waals surface area contributed by atoms with Crippen LogP contribution in [0.25, 0.3) is 0 Å². The predicted octanol–water partition coefficient (Wildman–Crippen LogP) is 2.50. The standard InChI is InChI=1S/C10H13BrO3/c1-13-8-7(11)9(12)14-10(8)5-3-2-4-6-10/h2-6H2,1H3. The summed E-state index contributed by atoms with van der Waals surface area (Å²) < 4.78 is 11.2. The maximum absolute atomic E-state index is 11.4. The lowest BCUT2D eigenvalue weighted by Gasteiger charge is -2.33. The Kier molecular flexibility index (Phi) is 2.56. The molecule has 1 aliphatic heterocycles. The van der Waals surface area contributed by atoms with Gasteiger partial charge in [0.25, 0.3) is 0 Å². The second kappa shape index (κ2) is 3.57. The van der Waals surface area contributed by atoms with Crippen molar-refractivity contribution in [3.63, 3.8) is 0 Å². The lowest BCUT2D eigenvalue weighted by molar-refractivity contribution is -0.150. The van der Waals surface area contributed by atoms with E-state index in [-0.39, 0.29) is 5.97 Å². The zero-order valence-electron chi connectivity index (χ0n) is 8.14. The molecule has 4 heteroatoms. The van der Waals surface area contributed by atoms with Gasteiger partial charge in [-0.2, -0.15) is 0 Å². The SMILES string of the molecule is COC1=C(Br)C(=O)OC12CCCCC2. The zero-order chi connectivity index (χ0) is 10.2. The smallest absolute Gasteiger partial charge is 0.349 e. The van der Waals surface area contributed by atoms with E-state index < -0.39 is 5.60 Å². The molecule has 1 heterocycles. The summed E-state index contributed by atoms with van der Waals surface area (Å²) in [4.78, 5) is 11.4. The fourth-order valence-electron chi connectivity index (χ4n) is 2.29. The van der Waals surface area contributed by atoms with Crippen molar-refractivity contribution < 1.29 is 14.3 Å². The minimum atomic E-state index is -0.455. The second-order valence-corrected chi connectivity index (χ2v) is 4.58. The highest BCUT2D eigenvalue weighted by atomic mass is 79.9. The fourth-order valence-corrected chi connectivity index (χ4v) is 2.89. The summed E-state index contributed by atoms with van der Waals surface area (Å²) >= 11 is 3.22. The van der Waals surface area contributed by atoms with Crippen LogP contribution >= 0.6 is 15.9 Å². The first-order chi connectivity index (χ1) is 6.69. The Hall–Kier alpha value is -0.510. The van der Waals surface area contributed by atoms with E-state index in [1.54, 1.807) is 7.11 Å². The Balaban J connectivity index is 2.32. The van der Waals surface area contributed by atoms with E-state index in [1.807, 2.05) is 0 Å². The molecule has 0 aromatic carbocycles. The second-order valence-electron chi connectivity index (χ2n) is 3.79. The average molecular weight is 261 g/mol. The number of carbonyl (C=O) groups excluding carboxylic acids is 1. The highest BCUT2D eigenvalue weighted by Crippen LogP contribution is 2.45. The van der Waals surface area contributed by atoms with Gasteiger partial charge in [0.05, 0.1) is 7.11 Å². The molecule has 0 saturated heterocycles. The Morgan fingerprint density at radius 1 is 1.36 bits per heavy atom. The van der Waals surface area contributed by atoms with Gasteiger partial charge in [-0.25, -0.2) is 4.79 Å². The lowest BCUT2D eigenvalue weighted by atomic mass is 9.84. The summed E-state index contributed by atoms with van der Waals surface area (Å²) in [6.45, 7) is 0. The molecule has 3 nitrogen and oxygen atoms in total. The van der Waals surface area contributed by atoms with Crippen LogP contribution in [0.15, 0.2) is 10.2 Å². The van der Waals surface area contributed by atoms with Crippen molar-refractivity contribution in [2.45, 2.75) is 37.7 Å². The predicted molar refractivity (Wildman–Crippen MR) is 54.9 cm³/mol. The summed E-state index contributed by atoms with van der Waals surface area (Å²) in [5.74, 6) is 0.394. The highest BCUT2D eigenvalue weighted by molar-refractivity contribution is 9.12. The maximum Gasteiger partial charge on any atom is 0.349 e. The molecule has 1 spiro atoms. The van der Waals surface area contributed by atoms with Crippen molar-refractivity contribution in [3.8, 4) is 0 Å². The topological polar surface area (TPSA) is 35.5 Å². The number of halogens is 1. The van der Waals surface area contributed by atoms with Crippen molar-refractivity contribution in [2.24, 2.45) is 0 Å². The van der Waals surface area contributed by atoms with E-state index in [0.717, 1.165) is 25.7 Å². The molecule has 0 amide bonds. The van der Waals surface area contributed by atoms with Gasteiger partial charge in [-0.15, -0.1) is 0 Å². The van der Waals surface area contributed by atoms with Crippen molar-refractivity contribution in [1.82, 2.24) is 0 Å². The van der Waals surface area contributed by atoms with Gasteiger partial charge in [0.2, 0.25) is 0 Å². The molecule has 2 aliphatic rings. The van der Waals surface area contributed by atoms with E-state index >= 15 is 0 Å².